The summed E-state index contributed by atoms with van der Waals surface area (Å²) in [4.78, 5) is 11.6. The predicted octanol–water partition coefficient (Wildman–Crippen LogP) is 1.70. The third-order valence-corrected chi connectivity index (χ3v) is 3.23. The molecule has 0 aromatic heterocycles. The summed E-state index contributed by atoms with van der Waals surface area (Å²) in [5, 5.41) is 4.98. The summed E-state index contributed by atoms with van der Waals surface area (Å²) < 4.78 is 39.1. The number of benzene rings is 1. The van der Waals surface area contributed by atoms with Gasteiger partial charge < -0.3 is 5.32 Å². The molecule has 1 aromatic carbocycles. The van der Waals surface area contributed by atoms with Crippen LogP contribution in [0.5, 0.6) is 0 Å². The number of rotatable bonds is 2. The van der Waals surface area contributed by atoms with Crippen LogP contribution in [0.2, 0.25) is 0 Å². The second-order valence-corrected chi connectivity index (χ2v) is 4.54. The molecular weight excluding hydrogens is 253 g/mol. The minimum absolute atomic E-state index is 0.483. The van der Waals surface area contributed by atoms with E-state index >= 15 is 0 Å². The first kappa shape index (κ1) is 12.3. The summed E-state index contributed by atoms with van der Waals surface area (Å²) in [5.74, 6) is -2.64. The molecule has 0 radical (unpaired) electrons. The van der Waals surface area contributed by atoms with Crippen molar-refractivity contribution in [1.82, 2.24) is 5.32 Å². The van der Waals surface area contributed by atoms with Crippen molar-refractivity contribution in [3.63, 3.8) is 0 Å². The fourth-order valence-corrected chi connectivity index (χ4v) is 2.38. The zero-order valence-electron chi connectivity index (χ0n) is 8.60. The van der Waals surface area contributed by atoms with E-state index in [0.717, 1.165) is 0 Å². The summed E-state index contributed by atoms with van der Waals surface area (Å²) in [5.41, 5.74) is -0.616. The molecule has 1 amide bonds. The lowest BCUT2D eigenvalue weighted by molar-refractivity contribution is -0.117. The topological polar surface area (TPSA) is 41.1 Å². The van der Waals surface area contributed by atoms with E-state index in [1.807, 2.05) is 0 Å². The number of halogens is 3. The Labute approximate surface area is 99.8 Å². The van der Waals surface area contributed by atoms with E-state index in [9.17, 15) is 18.0 Å². The second kappa shape index (κ2) is 4.97. The Morgan fingerprint density at radius 2 is 2.00 bits per heavy atom. The highest BCUT2D eigenvalue weighted by molar-refractivity contribution is 7.99. The molecule has 1 aromatic rings. The Kier molecular flexibility index (Phi) is 3.58. The average molecular weight is 262 g/mol. The van der Waals surface area contributed by atoms with Crippen molar-refractivity contribution in [2.45, 2.75) is 6.04 Å². The molecule has 0 saturated carbocycles. The Bertz CT molecular complexity index is 426. The Morgan fingerprint density at radius 1 is 1.35 bits per heavy atom. The van der Waals surface area contributed by atoms with E-state index in [1.54, 1.807) is 0 Å². The summed E-state index contributed by atoms with van der Waals surface area (Å²) in [6.07, 6.45) is 0. The zero-order chi connectivity index (χ0) is 12.4. The number of carbonyl (C=O) groups excluding carboxylic acids is 1. The SMILES string of the molecule is O=C(Nc1c(F)cc(F)cc1F)C1CSCN1. The van der Waals surface area contributed by atoms with Crippen molar-refractivity contribution in [2.24, 2.45) is 0 Å². The van der Waals surface area contributed by atoms with Gasteiger partial charge in [0, 0.05) is 23.8 Å². The lowest BCUT2D eigenvalue weighted by Gasteiger charge is -2.11. The number of hydrogen-bond acceptors (Lipinski definition) is 3. The third kappa shape index (κ3) is 2.73. The van der Waals surface area contributed by atoms with E-state index in [2.05, 4.69) is 10.6 Å². The Morgan fingerprint density at radius 3 is 2.53 bits per heavy atom. The van der Waals surface area contributed by atoms with Crippen molar-refractivity contribution < 1.29 is 18.0 Å². The molecule has 7 heteroatoms. The summed E-state index contributed by atoms with van der Waals surface area (Å²) in [7, 11) is 0. The van der Waals surface area contributed by atoms with Crippen LogP contribution >= 0.6 is 11.8 Å². The smallest absolute Gasteiger partial charge is 0.242 e. The second-order valence-electron chi connectivity index (χ2n) is 3.51. The van der Waals surface area contributed by atoms with Gasteiger partial charge >= 0.3 is 0 Å². The number of nitrogens with one attached hydrogen (secondary N) is 2. The van der Waals surface area contributed by atoms with Crippen LogP contribution in [0.4, 0.5) is 18.9 Å². The van der Waals surface area contributed by atoms with Crippen LogP contribution in [0, 0.1) is 17.5 Å². The minimum atomic E-state index is -1.12. The fourth-order valence-electron chi connectivity index (χ4n) is 1.44. The highest BCUT2D eigenvalue weighted by atomic mass is 32.2. The van der Waals surface area contributed by atoms with Crippen LogP contribution in [0.25, 0.3) is 0 Å². The molecular formula is C10H9F3N2OS. The summed E-state index contributed by atoms with van der Waals surface area (Å²) in [6, 6.07) is 0.564. The molecule has 2 rings (SSSR count). The average Bonchev–Trinajstić information content (AvgIpc) is 2.76. The number of anilines is 1. The van der Waals surface area contributed by atoms with E-state index in [-0.39, 0.29) is 0 Å². The molecule has 0 bridgehead atoms. The Hall–Kier alpha value is -1.21. The third-order valence-electron chi connectivity index (χ3n) is 2.29. The highest BCUT2D eigenvalue weighted by Gasteiger charge is 2.24. The van der Waals surface area contributed by atoms with Crippen LogP contribution in [-0.2, 0) is 4.79 Å². The van der Waals surface area contributed by atoms with Gasteiger partial charge in [-0.25, -0.2) is 13.2 Å². The molecule has 0 aliphatic carbocycles. The number of amides is 1. The number of hydrogen-bond donors (Lipinski definition) is 2. The Balaban J connectivity index is 2.15. The minimum Gasteiger partial charge on any atom is -0.320 e. The molecule has 1 fully saturated rings. The molecule has 17 heavy (non-hydrogen) atoms. The van der Waals surface area contributed by atoms with Crippen LogP contribution < -0.4 is 10.6 Å². The molecule has 3 nitrogen and oxygen atoms in total. The molecule has 1 atom stereocenters. The van der Waals surface area contributed by atoms with E-state index in [0.29, 0.717) is 23.8 Å². The molecule has 1 saturated heterocycles. The molecule has 92 valence electrons. The van der Waals surface area contributed by atoms with Crippen molar-refractivity contribution in [3.05, 3.63) is 29.6 Å². The van der Waals surface area contributed by atoms with Gasteiger partial charge in [0.1, 0.15) is 11.5 Å². The predicted molar refractivity (Wildman–Crippen MR) is 59.2 cm³/mol. The molecule has 1 heterocycles. The van der Waals surface area contributed by atoms with Crippen molar-refractivity contribution in [3.8, 4) is 0 Å². The van der Waals surface area contributed by atoms with Gasteiger partial charge in [-0.1, -0.05) is 0 Å². The maximum atomic E-state index is 13.2. The van der Waals surface area contributed by atoms with Gasteiger partial charge in [-0.15, -0.1) is 11.8 Å². The molecule has 1 aliphatic heterocycles. The highest BCUT2D eigenvalue weighted by Crippen LogP contribution is 2.21. The monoisotopic (exact) mass is 262 g/mol. The molecule has 0 spiro atoms. The summed E-state index contributed by atoms with van der Waals surface area (Å²) in [6.45, 7) is 0. The van der Waals surface area contributed by atoms with E-state index in [4.69, 9.17) is 0 Å². The number of thioether (sulfide) groups is 1. The fraction of sp³-hybridized carbons (Fsp3) is 0.300. The van der Waals surface area contributed by atoms with E-state index in [1.165, 1.54) is 11.8 Å². The number of carbonyl (C=O) groups is 1. The lowest BCUT2D eigenvalue weighted by atomic mass is 10.2. The van der Waals surface area contributed by atoms with Crippen molar-refractivity contribution >= 4 is 23.4 Å². The van der Waals surface area contributed by atoms with Gasteiger partial charge in [0.05, 0.1) is 6.04 Å². The first-order chi connectivity index (χ1) is 8.08. The van der Waals surface area contributed by atoms with Crippen molar-refractivity contribution in [1.29, 1.82) is 0 Å². The van der Waals surface area contributed by atoms with Gasteiger partial charge in [-0.3, -0.25) is 10.1 Å². The first-order valence-corrected chi connectivity index (χ1v) is 6.00. The lowest BCUT2D eigenvalue weighted by Crippen LogP contribution is -2.37. The summed E-state index contributed by atoms with van der Waals surface area (Å²) >= 11 is 1.51. The van der Waals surface area contributed by atoms with Gasteiger partial charge in [-0.2, -0.15) is 0 Å². The van der Waals surface area contributed by atoms with Crippen LogP contribution in [-0.4, -0.2) is 23.6 Å². The quantitative estimate of drug-likeness (QED) is 0.852. The van der Waals surface area contributed by atoms with Gasteiger partial charge in [-0.05, 0) is 0 Å². The standard InChI is InChI=1S/C10H9F3N2OS/c11-5-1-6(12)9(7(13)2-5)15-10(16)8-3-17-4-14-8/h1-2,8,14H,3-4H2,(H,15,16). The van der Waals surface area contributed by atoms with E-state index < -0.39 is 35.1 Å². The van der Waals surface area contributed by atoms with Crippen LogP contribution in [0.15, 0.2) is 12.1 Å². The maximum absolute atomic E-state index is 13.2. The largest absolute Gasteiger partial charge is 0.320 e. The molecule has 2 N–H and O–H groups in total. The first-order valence-electron chi connectivity index (χ1n) is 4.84. The van der Waals surface area contributed by atoms with Crippen molar-refractivity contribution in [2.75, 3.05) is 16.9 Å². The zero-order valence-corrected chi connectivity index (χ0v) is 9.41. The van der Waals surface area contributed by atoms with Gasteiger partial charge in [0.2, 0.25) is 5.91 Å². The van der Waals surface area contributed by atoms with Gasteiger partial charge in [0.25, 0.3) is 0 Å². The molecule has 1 aliphatic rings. The normalized spacial score (nSPS) is 19.4. The molecule has 1 unspecified atom stereocenters. The van der Waals surface area contributed by atoms with Gasteiger partial charge in [0.15, 0.2) is 11.6 Å². The van der Waals surface area contributed by atoms with Crippen LogP contribution in [0.3, 0.4) is 0 Å². The van der Waals surface area contributed by atoms with Crippen LogP contribution in [0.1, 0.15) is 0 Å². The maximum Gasteiger partial charge on any atom is 0.242 e.